The minimum atomic E-state index is -0.179. The lowest BCUT2D eigenvalue weighted by Crippen LogP contribution is -2.25. The molecule has 0 aliphatic heterocycles. The van der Waals surface area contributed by atoms with Gasteiger partial charge in [-0.2, -0.15) is 0 Å². The van der Waals surface area contributed by atoms with Gasteiger partial charge < -0.3 is 10.1 Å². The van der Waals surface area contributed by atoms with Gasteiger partial charge in [0.05, 0.1) is 13.5 Å². The summed E-state index contributed by atoms with van der Waals surface area (Å²) in [5, 5.41) is 3.39. The molecule has 1 atom stereocenters. The van der Waals surface area contributed by atoms with E-state index in [1.165, 1.54) is 18.2 Å². The largest absolute Gasteiger partial charge is 0.469 e. The predicted octanol–water partition coefficient (Wildman–Crippen LogP) is 2.60. The Morgan fingerprint density at radius 2 is 2.12 bits per heavy atom. The van der Waals surface area contributed by atoms with Crippen molar-refractivity contribution in [2.24, 2.45) is 0 Å². The molecule has 0 bridgehead atoms. The molecule has 0 aromatic heterocycles. The van der Waals surface area contributed by atoms with Gasteiger partial charge in [0, 0.05) is 6.04 Å². The number of rotatable bonds is 6. The number of esters is 1. The first-order valence-electron chi connectivity index (χ1n) is 6.04. The number of nitrogens with one attached hydrogen (secondary N) is 1. The summed E-state index contributed by atoms with van der Waals surface area (Å²) >= 11 is 0. The van der Waals surface area contributed by atoms with Gasteiger partial charge in [-0.15, -0.1) is 0 Å². The second kappa shape index (κ2) is 7.07. The maximum absolute atomic E-state index is 11.4. The zero-order valence-electron chi connectivity index (χ0n) is 10.8. The van der Waals surface area contributed by atoms with Crippen molar-refractivity contribution in [1.29, 1.82) is 0 Å². The molecule has 0 aliphatic rings. The Hall–Kier alpha value is -1.35. The van der Waals surface area contributed by atoms with Crippen LogP contribution in [0.15, 0.2) is 24.3 Å². The van der Waals surface area contributed by atoms with Gasteiger partial charge in [0.15, 0.2) is 0 Å². The fourth-order valence-electron chi connectivity index (χ4n) is 1.84. The van der Waals surface area contributed by atoms with Crippen LogP contribution in [0.1, 0.15) is 36.9 Å². The van der Waals surface area contributed by atoms with E-state index >= 15 is 0 Å². The topological polar surface area (TPSA) is 38.3 Å². The van der Waals surface area contributed by atoms with Crippen molar-refractivity contribution in [2.75, 3.05) is 13.7 Å². The lowest BCUT2D eigenvalue weighted by molar-refractivity contribution is -0.141. The summed E-state index contributed by atoms with van der Waals surface area (Å²) in [5.74, 6) is -0.179. The van der Waals surface area contributed by atoms with E-state index in [0.717, 1.165) is 13.0 Å². The van der Waals surface area contributed by atoms with E-state index in [-0.39, 0.29) is 12.0 Å². The number of methoxy groups -OCH3 is 1. The molecule has 0 saturated heterocycles. The number of carbonyl (C=O) groups excluding carboxylic acids is 1. The molecule has 1 unspecified atom stereocenters. The van der Waals surface area contributed by atoms with Crippen molar-refractivity contribution in [1.82, 2.24) is 5.32 Å². The van der Waals surface area contributed by atoms with Crippen molar-refractivity contribution in [3.63, 3.8) is 0 Å². The summed E-state index contributed by atoms with van der Waals surface area (Å²) in [4.78, 5) is 11.4. The van der Waals surface area contributed by atoms with Crippen molar-refractivity contribution >= 4 is 5.97 Å². The summed E-state index contributed by atoms with van der Waals surface area (Å²) < 4.78 is 4.74. The molecule has 3 nitrogen and oxygen atoms in total. The van der Waals surface area contributed by atoms with E-state index < -0.39 is 0 Å². The molecule has 94 valence electrons. The van der Waals surface area contributed by atoms with Crippen LogP contribution in [0.2, 0.25) is 0 Å². The quantitative estimate of drug-likeness (QED) is 0.770. The summed E-state index contributed by atoms with van der Waals surface area (Å²) in [5.41, 5.74) is 2.37. The highest BCUT2D eigenvalue weighted by molar-refractivity contribution is 5.70. The summed E-state index contributed by atoms with van der Waals surface area (Å²) in [6, 6.07) is 8.18. The third-order valence-electron chi connectivity index (χ3n) is 2.80. The molecular weight excluding hydrogens is 214 g/mol. The molecule has 17 heavy (non-hydrogen) atoms. The number of carbonyl (C=O) groups is 1. The molecule has 1 rings (SSSR count). The average Bonchev–Trinajstić information content (AvgIpc) is 2.35. The number of hydrogen-bond donors (Lipinski definition) is 1. The zero-order valence-corrected chi connectivity index (χ0v) is 10.8. The number of hydrogen-bond acceptors (Lipinski definition) is 3. The van der Waals surface area contributed by atoms with Crippen LogP contribution in [-0.4, -0.2) is 19.6 Å². The van der Waals surface area contributed by atoms with Crippen LogP contribution >= 0.6 is 0 Å². The first kappa shape index (κ1) is 13.7. The number of ether oxygens (including phenoxy) is 1. The Balaban J connectivity index is 2.81. The lowest BCUT2D eigenvalue weighted by Gasteiger charge is -2.19. The van der Waals surface area contributed by atoms with Gasteiger partial charge in [-0.05, 0) is 31.0 Å². The first-order chi connectivity index (χ1) is 8.19. The van der Waals surface area contributed by atoms with E-state index in [9.17, 15) is 4.79 Å². The second-order valence-corrected chi connectivity index (χ2v) is 4.14. The molecular formula is C14H21NO2. The maximum atomic E-state index is 11.4. The Bertz CT molecular complexity index is 363. The van der Waals surface area contributed by atoms with Crippen LogP contribution in [0.4, 0.5) is 0 Å². The van der Waals surface area contributed by atoms with Gasteiger partial charge in [0.1, 0.15) is 0 Å². The predicted molar refractivity (Wildman–Crippen MR) is 68.8 cm³/mol. The highest BCUT2D eigenvalue weighted by Crippen LogP contribution is 2.20. The number of benzene rings is 1. The van der Waals surface area contributed by atoms with Crippen LogP contribution < -0.4 is 5.32 Å². The Labute approximate surface area is 103 Å². The van der Waals surface area contributed by atoms with E-state index in [1.54, 1.807) is 0 Å². The van der Waals surface area contributed by atoms with Gasteiger partial charge in [-0.1, -0.05) is 31.2 Å². The molecule has 0 radical (unpaired) electrons. The summed E-state index contributed by atoms with van der Waals surface area (Å²) in [7, 11) is 1.43. The molecule has 0 fully saturated rings. The average molecular weight is 235 g/mol. The van der Waals surface area contributed by atoms with Gasteiger partial charge in [0.2, 0.25) is 0 Å². The zero-order chi connectivity index (χ0) is 12.7. The van der Waals surface area contributed by atoms with Crippen LogP contribution in [0.3, 0.4) is 0 Å². The maximum Gasteiger partial charge on any atom is 0.307 e. The van der Waals surface area contributed by atoms with E-state index in [0.29, 0.717) is 6.42 Å². The standard InChI is InChI=1S/C14H21NO2/c1-4-9-15-13(10-14(16)17-3)12-8-6-5-7-11(12)2/h5-8,13,15H,4,9-10H2,1-3H3. The monoisotopic (exact) mass is 235 g/mol. The third-order valence-corrected chi connectivity index (χ3v) is 2.80. The molecule has 0 heterocycles. The fourth-order valence-corrected chi connectivity index (χ4v) is 1.84. The van der Waals surface area contributed by atoms with Crippen molar-refractivity contribution < 1.29 is 9.53 Å². The van der Waals surface area contributed by atoms with Gasteiger partial charge in [0.25, 0.3) is 0 Å². The van der Waals surface area contributed by atoms with Crippen LogP contribution in [0.25, 0.3) is 0 Å². The first-order valence-corrected chi connectivity index (χ1v) is 6.04. The SMILES string of the molecule is CCCNC(CC(=O)OC)c1ccccc1C. The lowest BCUT2D eigenvalue weighted by atomic mass is 9.98. The molecule has 1 N–H and O–H groups in total. The van der Waals surface area contributed by atoms with Gasteiger partial charge in [-0.25, -0.2) is 0 Å². The van der Waals surface area contributed by atoms with E-state index in [4.69, 9.17) is 4.74 Å². The number of aryl methyl sites for hydroxylation is 1. The van der Waals surface area contributed by atoms with Crippen LogP contribution in [0, 0.1) is 6.92 Å². The van der Waals surface area contributed by atoms with Crippen molar-refractivity contribution in [3.8, 4) is 0 Å². The van der Waals surface area contributed by atoms with E-state index in [1.807, 2.05) is 12.1 Å². The van der Waals surface area contributed by atoms with Crippen LogP contribution in [0.5, 0.6) is 0 Å². The minimum Gasteiger partial charge on any atom is -0.469 e. The molecule has 1 aromatic rings. The van der Waals surface area contributed by atoms with Gasteiger partial charge >= 0.3 is 5.97 Å². The van der Waals surface area contributed by atoms with Crippen LogP contribution in [-0.2, 0) is 9.53 Å². The highest BCUT2D eigenvalue weighted by atomic mass is 16.5. The van der Waals surface area contributed by atoms with Crippen molar-refractivity contribution in [2.45, 2.75) is 32.7 Å². The normalized spacial score (nSPS) is 12.2. The summed E-state index contributed by atoms with van der Waals surface area (Å²) in [6.45, 7) is 5.07. The Kier molecular flexibility index (Phi) is 5.70. The summed E-state index contributed by atoms with van der Waals surface area (Å²) in [6.07, 6.45) is 1.42. The molecule has 1 aromatic carbocycles. The molecule has 0 spiro atoms. The third kappa shape index (κ3) is 4.19. The smallest absolute Gasteiger partial charge is 0.307 e. The van der Waals surface area contributed by atoms with Gasteiger partial charge in [-0.3, -0.25) is 4.79 Å². The molecule has 3 heteroatoms. The highest BCUT2D eigenvalue weighted by Gasteiger charge is 2.16. The molecule has 0 aliphatic carbocycles. The second-order valence-electron chi connectivity index (χ2n) is 4.14. The van der Waals surface area contributed by atoms with Crippen molar-refractivity contribution in [3.05, 3.63) is 35.4 Å². The van der Waals surface area contributed by atoms with E-state index in [2.05, 4.69) is 31.3 Å². The minimum absolute atomic E-state index is 0.0450. The fraction of sp³-hybridized carbons (Fsp3) is 0.500. The molecule has 0 saturated carbocycles. The Morgan fingerprint density at radius 3 is 2.71 bits per heavy atom. The molecule has 0 amide bonds. The Morgan fingerprint density at radius 1 is 1.41 bits per heavy atom.